The first-order valence-corrected chi connectivity index (χ1v) is 14.8. The van der Waals surface area contributed by atoms with E-state index in [-0.39, 0.29) is 51.6 Å². The van der Waals surface area contributed by atoms with Gasteiger partial charge in [0.1, 0.15) is 28.1 Å². The highest BCUT2D eigenvalue weighted by atomic mass is 19.1. The number of anilines is 2. The zero-order chi connectivity index (χ0) is 31.8. The van der Waals surface area contributed by atoms with Crippen LogP contribution in [-0.2, 0) is 22.3 Å². The molecule has 12 heteroatoms. The van der Waals surface area contributed by atoms with Gasteiger partial charge in [0.2, 0.25) is 5.95 Å². The second-order valence-electron chi connectivity index (χ2n) is 13.7. The molecule has 11 nitrogen and oxygen atoms in total. The maximum atomic E-state index is 14.6. The summed E-state index contributed by atoms with van der Waals surface area (Å²) in [6.07, 6.45) is 3.17. The third-order valence-electron chi connectivity index (χ3n) is 8.03. The van der Waals surface area contributed by atoms with Crippen LogP contribution in [0, 0.1) is 5.82 Å². The molecule has 6 rings (SSSR count). The van der Waals surface area contributed by atoms with E-state index >= 15 is 0 Å². The number of aliphatic hydroxyl groups is 1. The Morgan fingerprint density at radius 2 is 1.84 bits per heavy atom. The first kappa shape index (κ1) is 29.7. The van der Waals surface area contributed by atoms with Gasteiger partial charge in [0.15, 0.2) is 11.5 Å². The van der Waals surface area contributed by atoms with E-state index < -0.39 is 17.0 Å². The van der Waals surface area contributed by atoms with E-state index in [1.165, 1.54) is 47.1 Å². The van der Waals surface area contributed by atoms with Gasteiger partial charge in [-0.25, -0.2) is 28.5 Å². The number of aromatic nitrogens is 5. The van der Waals surface area contributed by atoms with E-state index in [0.29, 0.717) is 13.1 Å². The van der Waals surface area contributed by atoms with Crippen molar-refractivity contribution < 1.29 is 19.0 Å². The Labute approximate surface area is 254 Å². The van der Waals surface area contributed by atoms with Gasteiger partial charge in [-0.3, -0.25) is 4.79 Å². The van der Waals surface area contributed by atoms with E-state index in [2.05, 4.69) is 21.4 Å². The van der Waals surface area contributed by atoms with Gasteiger partial charge < -0.3 is 20.1 Å². The molecule has 3 aromatic heterocycles. The van der Waals surface area contributed by atoms with Gasteiger partial charge in [0, 0.05) is 36.4 Å². The Balaban J connectivity index is 1.38. The third kappa shape index (κ3) is 5.31. The number of benzene rings is 1. The summed E-state index contributed by atoms with van der Waals surface area (Å²) in [5, 5.41) is 14.0. The van der Waals surface area contributed by atoms with Crippen molar-refractivity contribution in [3.63, 3.8) is 0 Å². The molecule has 0 atom stereocenters. The average molecular weight is 604 g/mol. The number of halogens is 1. The van der Waals surface area contributed by atoms with Gasteiger partial charge in [-0.15, -0.1) is 0 Å². The SMILES string of the molecule is CC(C)n1c(=O)c2cnc(Nc3ccc4c(c3)CN(C(=O)OC(C)(C)C)CC43CC3)nc2n1-c1ccc(F)c(C(C)(C)O)n1. The minimum Gasteiger partial charge on any atom is -0.444 e. The van der Waals surface area contributed by atoms with Crippen LogP contribution < -0.4 is 10.9 Å². The molecule has 2 N–H and O–H groups in total. The zero-order valence-corrected chi connectivity index (χ0v) is 26.1. The van der Waals surface area contributed by atoms with E-state index in [4.69, 9.17) is 9.72 Å². The van der Waals surface area contributed by atoms with Crippen LogP contribution in [0.5, 0.6) is 0 Å². The average Bonchev–Trinajstić information content (AvgIpc) is 3.62. The van der Waals surface area contributed by atoms with Crippen LogP contribution >= 0.6 is 0 Å². The smallest absolute Gasteiger partial charge is 0.410 e. The molecule has 0 saturated heterocycles. The minimum absolute atomic E-state index is 0.0433. The highest BCUT2D eigenvalue weighted by Crippen LogP contribution is 2.53. The van der Waals surface area contributed by atoms with Gasteiger partial charge in [-0.05, 0) is 96.7 Å². The number of hydrogen-bond donors (Lipinski definition) is 2. The van der Waals surface area contributed by atoms with Crippen LogP contribution in [0.25, 0.3) is 16.9 Å². The Bertz CT molecular complexity index is 1840. The summed E-state index contributed by atoms with van der Waals surface area (Å²) in [5.74, 6) is -0.170. The molecule has 0 unspecified atom stereocenters. The van der Waals surface area contributed by atoms with Gasteiger partial charge >= 0.3 is 6.09 Å². The largest absolute Gasteiger partial charge is 0.444 e. The molecule has 1 spiro atoms. The lowest BCUT2D eigenvalue weighted by atomic mass is 9.87. The predicted molar refractivity (Wildman–Crippen MR) is 164 cm³/mol. The summed E-state index contributed by atoms with van der Waals surface area (Å²) in [7, 11) is 0. The second kappa shape index (κ2) is 10.1. The number of fused-ring (bicyclic) bond motifs is 3. The van der Waals surface area contributed by atoms with Crippen LogP contribution in [0.3, 0.4) is 0 Å². The summed E-state index contributed by atoms with van der Waals surface area (Å²) in [5.41, 5.74) is 0.659. The van der Waals surface area contributed by atoms with E-state index in [9.17, 15) is 19.1 Å². The summed E-state index contributed by atoms with van der Waals surface area (Å²) in [6.45, 7) is 13.3. The van der Waals surface area contributed by atoms with E-state index in [1.807, 2.05) is 46.8 Å². The molecule has 4 aromatic rings. The highest BCUT2D eigenvalue weighted by Gasteiger charge is 2.50. The number of carbonyl (C=O) groups is 1. The molecule has 0 bridgehead atoms. The number of hydrogen-bond acceptors (Lipinski definition) is 8. The molecule has 1 aliphatic heterocycles. The van der Waals surface area contributed by atoms with Crippen molar-refractivity contribution in [3.05, 3.63) is 69.5 Å². The fourth-order valence-electron chi connectivity index (χ4n) is 5.92. The first-order chi connectivity index (χ1) is 20.6. The maximum Gasteiger partial charge on any atom is 0.410 e. The fourth-order valence-corrected chi connectivity index (χ4v) is 5.92. The molecule has 232 valence electrons. The third-order valence-corrected chi connectivity index (χ3v) is 8.03. The summed E-state index contributed by atoms with van der Waals surface area (Å²) in [4.78, 5) is 41.7. The number of nitrogens with one attached hydrogen (secondary N) is 1. The van der Waals surface area contributed by atoms with Crippen molar-refractivity contribution in [1.82, 2.24) is 29.2 Å². The molecule has 1 saturated carbocycles. The second-order valence-corrected chi connectivity index (χ2v) is 13.7. The topological polar surface area (TPSA) is 127 Å². The van der Waals surface area contributed by atoms with E-state index in [0.717, 1.165) is 24.1 Å². The molecule has 1 amide bonds. The van der Waals surface area contributed by atoms with Gasteiger partial charge in [0.05, 0.1) is 0 Å². The number of nitrogens with zero attached hydrogens (tertiary/aromatic N) is 6. The van der Waals surface area contributed by atoms with Crippen molar-refractivity contribution >= 4 is 28.8 Å². The van der Waals surface area contributed by atoms with Crippen molar-refractivity contribution in [2.45, 2.75) is 90.5 Å². The van der Waals surface area contributed by atoms with Gasteiger partial charge in [0.25, 0.3) is 5.56 Å². The Morgan fingerprint density at radius 3 is 2.48 bits per heavy atom. The molecule has 1 aromatic carbocycles. The standard InChI is InChI=1S/C32H38FN7O4/c1-18(2)39-27(41)21-15-34-28(37-26(21)40(39)24-11-10-23(33)25(36-24)31(6,7)43)35-20-8-9-22-19(14-20)16-38(17-32(22)12-13-32)29(42)44-30(3,4)5/h8-11,14-15,18,43H,12-13,16-17H2,1-7H3,(H,34,35,37). The van der Waals surface area contributed by atoms with Gasteiger partial charge in [-0.2, -0.15) is 4.98 Å². The minimum atomic E-state index is -1.54. The van der Waals surface area contributed by atoms with Gasteiger partial charge in [-0.1, -0.05) is 6.07 Å². The summed E-state index contributed by atoms with van der Waals surface area (Å²) < 4.78 is 23.3. The number of rotatable bonds is 5. The molecular weight excluding hydrogens is 565 g/mol. The van der Waals surface area contributed by atoms with E-state index in [1.54, 1.807) is 4.90 Å². The lowest BCUT2D eigenvalue weighted by Gasteiger charge is -2.36. The predicted octanol–water partition coefficient (Wildman–Crippen LogP) is 5.45. The molecule has 1 aliphatic carbocycles. The number of pyridine rings is 1. The Kier molecular flexibility index (Phi) is 6.84. The van der Waals surface area contributed by atoms with Crippen LogP contribution in [0.1, 0.15) is 84.2 Å². The molecule has 1 fully saturated rings. The molecular formula is C32H38FN7O4. The lowest BCUT2D eigenvalue weighted by Crippen LogP contribution is -2.44. The fraction of sp³-hybridized carbons (Fsp3) is 0.469. The van der Waals surface area contributed by atoms with Crippen molar-refractivity contribution in [1.29, 1.82) is 0 Å². The molecule has 44 heavy (non-hydrogen) atoms. The number of ether oxygens (including phenoxy) is 1. The Morgan fingerprint density at radius 1 is 1.11 bits per heavy atom. The van der Waals surface area contributed by atoms with Crippen LogP contribution in [0.4, 0.5) is 20.8 Å². The molecule has 0 radical (unpaired) electrons. The normalized spacial score (nSPS) is 16.0. The Hall–Kier alpha value is -4.32. The van der Waals surface area contributed by atoms with Crippen LogP contribution in [0.2, 0.25) is 0 Å². The zero-order valence-electron chi connectivity index (χ0n) is 26.1. The van der Waals surface area contributed by atoms with Crippen molar-refractivity contribution in [3.8, 4) is 5.82 Å². The monoisotopic (exact) mass is 603 g/mol. The van der Waals surface area contributed by atoms with Crippen molar-refractivity contribution in [2.24, 2.45) is 0 Å². The maximum absolute atomic E-state index is 14.6. The van der Waals surface area contributed by atoms with Crippen molar-refractivity contribution in [2.75, 3.05) is 11.9 Å². The number of carbonyl (C=O) groups excluding carboxylic acids is 1. The van der Waals surface area contributed by atoms with Crippen LogP contribution in [0.15, 0.2) is 41.3 Å². The summed E-state index contributed by atoms with van der Waals surface area (Å²) >= 11 is 0. The number of amides is 1. The highest BCUT2D eigenvalue weighted by molar-refractivity contribution is 5.77. The molecule has 2 aliphatic rings. The quantitative estimate of drug-likeness (QED) is 0.308. The van der Waals surface area contributed by atoms with Crippen LogP contribution in [-0.4, -0.2) is 52.6 Å². The summed E-state index contributed by atoms with van der Waals surface area (Å²) in [6, 6.07) is 8.46. The first-order valence-electron chi connectivity index (χ1n) is 14.8. The molecule has 4 heterocycles. The lowest BCUT2D eigenvalue weighted by molar-refractivity contribution is 0.0196.